The molecule has 1 aromatic carbocycles. The van der Waals surface area contributed by atoms with E-state index in [1.807, 2.05) is 0 Å². The number of rotatable bonds is 5. The monoisotopic (exact) mass is 372 g/mol. The van der Waals surface area contributed by atoms with Crippen molar-refractivity contribution in [2.24, 2.45) is 0 Å². The Hall–Kier alpha value is -1.79. The van der Waals surface area contributed by atoms with Crippen molar-refractivity contribution in [3.8, 4) is 5.75 Å². The first-order valence-electron chi connectivity index (χ1n) is 7.48. The molecule has 0 saturated carbocycles. The van der Waals surface area contributed by atoms with Gasteiger partial charge in [0.05, 0.1) is 11.4 Å². The van der Waals surface area contributed by atoms with Gasteiger partial charge in [0.1, 0.15) is 11.8 Å². The highest BCUT2D eigenvalue weighted by Gasteiger charge is 2.41. The molecule has 0 unspecified atom stereocenters. The second-order valence-electron chi connectivity index (χ2n) is 5.80. The van der Waals surface area contributed by atoms with Gasteiger partial charge in [-0.05, 0) is 39.0 Å². The average Bonchev–Trinajstić information content (AvgIpc) is 2.76. The summed E-state index contributed by atoms with van der Waals surface area (Å²) in [4.78, 5) is 37.4. The van der Waals surface area contributed by atoms with Crippen LogP contribution in [-0.4, -0.2) is 40.8 Å². The van der Waals surface area contributed by atoms with Crippen LogP contribution >= 0.6 is 23.2 Å². The molecule has 2 rings (SSSR count). The summed E-state index contributed by atoms with van der Waals surface area (Å²) in [7, 11) is 0. The zero-order chi connectivity index (χ0) is 18.0. The van der Waals surface area contributed by atoms with Crippen LogP contribution in [0, 0.1) is 0 Å². The lowest BCUT2D eigenvalue weighted by Crippen LogP contribution is -2.47. The van der Waals surface area contributed by atoms with Gasteiger partial charge < -0.3 is 10.1 Å². The SMILES string of the molecule is CC(C)N1C(=O)C[C@@H](NC(=O)[C@H](C)Oc2ccc(Cl)cc2Cl)C1=O. The second-order valence-corrected chi connectivity index (χ2v) is 6.64. The third-order valence-electron chi connectivity index (χ3n) is 3.58. The summed E-state index contributed by atoms with van der Waals surface area (Å²) in [6.07, 6.45) is -0.934. The third kappa shape index (κ3) is 3.99. The van der Waals surface area contributed by atoms with Crippen molar-refractivity contribution in [3.05, 3.63) is 28.2 Å². The third-order valence-corrected chi connectivity index (χ3v) is 4.11. The number of nitrogens with one attached hydrogen (secondary N) is 1. The topological polar surface area (TPSA) is 75.7 Å². The average molecular weight is 373 g/mol. The van der Waals surface area contributed by atoms with Crippen molar-refractivity contribution >= 4 is 40.9 Å². The van der Waals surface area contributed by atoms with Gasteiger partial charge in [-0.3, -0.25) is 19.3 Å². The summed E-state index contributed by atoms with van der Waals surface area (Å²) in [6.45, 7) is 5.02. The van der Waals surface area contributed by atoms with E-state index in [-0.39, 0.29) is 23.4 Å². The maximum absolute atomic E-state index is 12.2. The number of nitrogens with zero attached hydrogens (tertiary/aromatic N) is 1. The van der Waals surface area contributed by atoms with E-state index in [1.54, 1.807) is 26.0 Å². The van der Waals surface area contributed by atoms with Crippen LogP contribution in [0.5, 0.6) is 5.75 Å². The minimum absolute atomic E-state index is 0.0445. The molecule has 3 amide bonds. The lowest BCUT2D eigenvalue weighted by Gasteiger charge is -2.20. The minimum atomic E-state index is -0.889. The number of hydrogen-bond donors (Lipinski definition) is 1. The molecule has 8 heteroatoms. The predicted molar refractivity (Wildman–Crippen MR) is 90.1 cm³/mol. The van der Waals surface area contributed by atoms with Crippen molar-refractivity contribution < 1.29 is 19.1 Å². The van der Waals surface area contributed by atoms with E-state index in [2.05, 4.69) is 5.32 Å². The summed E-state index contributed by atoms with van der Waals surface area (Å²) < 4.78 is 5.50. The highest BCUT2D eigenvalue weighted by Crippen LogP contribution is 2.28. The first-order chi connectivity index (χ1) is 11.2. The van der Waals surface area contributed by atoms with Gasteiger partial charge >= 0.3 is 0 Å². The Morgan fingerprint density at radius 3 is 2.50 bits per heavy atom. The fourth-order valence-corrected chi connectivity index (χ4v) is 2.86. The largest absolute Gasteiger partial charge is 0.479 e. The standard InChI is InChI=1S/C16H18Cl2N2O4/c1-8(2)20-14(21)7-12(16(20)23)19-15(22)9(3)24-13-5-4-10(17)6-11(13)18/h4-6,8-9,12H,7H2,1-3H3,(H,19,22)/t9-,12+/m0/s1. The first-order valence-corrected chi connectivity index (χ1v) is 8.24. The number of carbonyl (C=O) groups excluding carboxylic acids is 3. The number of benzene rings is 1. The maximum Gasteiger partial charge on any atom is 0.261 e. The summed E-state index contributed by atoms with van der Waals surface area (Å²) in [5, 5.41) is 3.28. The molecule has 130 valence electrons. The van der Waals surface area contributed by atoms with Gasteiger partial charge in [-0.25, -0.2) is 0 Å². The van der Waals surface area contributed by atoms with Gasteiger partial charge in [0.25, 0.3) is 11.8 Å². The highest BCUT2D eigenvalue weighted by atomic mass is 35.5. The Morgan fingerprint density at radius 2 is 1.96 bits per heavy atom. The molecule has 1 aliphatic rings. The number of likely N-dealkylation sites (tertiary alicyclic amines) is 1. The maximum atomic E-state index is 12.2. The highest BCUT2D eigenvalue weighted by molar-refractivity contribution is 6.35. The molecule has 1 aromatic rings. The van der Waals surface area contributed by atoms with Gasteiger partial charge in [-0.2, -0.15) is 0 Å². The summed E-state index contributed by atoms with van der Waals surface area (Å²) in [5.41, 5.74) is 0. The van der Waals surface area contributed by atoms with Gasteiger partial charge in [0, 0.05) is 11.1 Å². The first kappa shape index (κ1) is 18.5. The summed E-state index contributed by atoms with van der Waals surface area (Å²) >= 11 is 11.8. The molecule has 1 heterocycles. The molecule has 1 fully saturated rings. The van der Waals surface area contributed by atoms with Crippen LogP contribution in [0.3, 0.4) is 0 Å². The molecule has 0 aliphatic carbocycles. The molecule has 2 atom stereocenters. The van der Waals surface area contributed by atoms with Crippen molar-refractivity contribution in [1.82, 2.24) is 10.2 Å². The van der Waals surface area contributed by atoms with Gasteiger partial charge in [0.15, 0.2) is 6.10 Å². The normalized spacial score (nSPS) is 18.9. The van der Waals surface area contributed by atoms with Crippen LogP contribution in [0.2, 0.25) is 10.0 Å². The quantitative estimate of drug-likeness (QED) is 0.805. The Morgan fingerprint density at radius 1 is 1.29 bits per heavy atom. The molecular formula is C16H18Cl2N2O4. The molecular weight excluding hydrogens is 355 g/mol. The fourth-order valence-electron chi connectivity index (χ4n) is 2.41. The van der Waals surface area contributed by atoms with Crippen LogP contribution in [0.15, 0.2) is 18.2 Å². The van der Waals surface area contributed by atoms with E-state index in [0.29, 0.717) is 10.8 Å². The summed E-state index contributed by atoms with van der Waals surface area (Å²) in [6, 6.07) is 3.54. The Bertz CT molecular complexity index is 678. The molecule has 0 spiro atoms. The number of hydrogen-bond acceptors (Lipinski definition) is 4. The zero-order valence-corrected chi connectivity index (χ0v) is 15.0. The van der Waals surface area contributed by atoms with Crippen LogP contribution in [0.25, 0.3) is 0 Å². The van der Waals surface area contributed by atoms with E-state index in [0.717, 1.165) is 4.90 Å². The minimum Gasteiger partial charge on any atom is -0.479 e. The number of halogens is 2. The van der Waals surface area contributed by atoms with Gasteiger partial charge in [-0.15, -0.1) is 0 Å². The predicted octanol–water partition coefficient (Wildman–Crippen LogP) is 2.41. The Labute approximate surface area is 150 Å². The molecule has 1 aliphatic heterocycles. The number of imide groups is 1. The molecule has 24 heavy (non-hydrogen) atoms. The van der Waals surface area contributed by atoms with Crippen molar-refractivity contribution in [2.45, 2.75) is 45.4 Å². The Balaban J connectivity index is 1.99. The van der Waals surface area contributed by atoms with Crippen LogP contribution < -0.4 is 10.1 Å². The lowest BCUT2D eigenvalue weighted by atomic mass is 10.2. The van der Waals surface area contributed by atoms with E-state index >= 15 is 0 Å². The van der Waals surface area contributed by atoms with E-state index in [1.165, 1.54) is 13.0 Å². The molecule has 1 saturated heterocycles. The smallest absolute Gasteiger partial charge is 0.261 e. The van der Waals surface area contributed by atoms with E-state index < -0.39 is 24.0 Å². The second kappa shape index (κ2) is 7.40. The lowest BCUT2D eigenvalue weighted by molar-refractivity contribution is -0.142. The molecule has 0 aromatic heterocycles. The van der Waals surface area contributed by atoms with E-state index in [4.69, 9.17) is 27.9 Å². The number of amides is 3. The van der Waals surface area contributed by atoms with Crippen molar-refractivity contribution in [3.63, 3.8) is 0 Å². The molecule has 0 radical (unpaired) electrons. The Kier molecular flexibility index (Phi) is 5.72. The van der Waals surface area contributed by atoms with Crippen LogP contribution in [0.4, 0.5) is 0 Å². The number of ether oxygens (including phenoxy) is 1. The van der Waals surface area contributed by atoms with Crippen molar-refractivity contribution in [1.29, 1.82) is 0 Å². The molecule has 1 N–H and O–H groups in total. The van der Waals surface area contributed by atoms with Crippen molar-refractivity contribution in [2.75, 3.05) is 0 Å². The fraction of sp³-hybridized carbons (Fsp3) is 0.438. The van der Waals surface area contributed by atoms with Crippen LogP contribution in [0.1, 0.15) is 27.2 Å². The zero-order valence-electron chi connectivity index (χ0n) is 13.5. The van der Waals surface area contributed by atoms with Gasteiger partial charge in [0.2, 0.25) is 5.91 Å². The summed E-state index contributed by atoms with van der Waals surface area (Å²) in [5.74, 6) is -0.895. The van der Waals surface area contributed by atoms with E-state index in [9.17, 15) is 14.4 Å². The van der Waals surface area contributed by atoms with Gasteiger partial charge in [-0.1, -0.05) is 23.2 Å². The number of carbonyl (C=O) groups is 3. The molecule has 6 nitrogen and oxygen atoms in total. The molecule has 0 bridgehead atoms. The van der Waals surface area contributed by atoms with Crippen LogP contribution in [-0.2, 0) is 14.4 Å².